The van der Waals surface area contributed by atoms with Gasteiger partial charge in [0.15, 0.2) is 11.7 Å². The predicted molar refractivity (Wildman–Crippen MR) is 56.9 cm³/mol. The van der Waals surface area contributed by atoms with E-state index in [1.807, 2.05) is 6.92 Å². The third-order valence-electron chi connectivity index (χ3n) is 1.72. The second kappa shape index (κ2) is 4.42. The normalized spacial score (nSPS) is 17.5. The molecular weight excluding hydrogens is 194 g/mol. The molecule has 2 heterocycles. The molecule has 0 radical (unpaired) electrons. The van der Waals surface area contributed by atoms with Crippen molar-refractivity contribution in [2.45, 2.75) is 40.2 Å². The first-order valence-electron chi connectivity index (χ1n) is 4.85. The molecule has 1 aliphatic heterocycles. The average molecular weight is 211 g/mol. The van der Waals surface area contributed by atoms with Crippen LogP contribution in [0.2, 0.25) is 0 Å². The third kappa shape index (κ3) is 4.10. The predicted octanol–water partition coefficient (Wildman–Crippen LogP) is 1.90. The van der Waals surface area contributed by atoms with Crippen molar-refractivity contribution in [2.24, 2.45) is 4.99 Å². The lowest BCUT2D eigenvalue weighted by Crippen LogP contribution is -2.17. The zero-order valence-corrected chi connectivity index (χ0v) is 9.87. The molecule has 0 bridgehead atoms. The van der Waals surface area contributed by atoms with Gasteiger partial charge in [-0.3, -0.25) is 0 Å². The topological polar surface area (TPSA) is 60.5 Å². The van der Waals surface area contributed by atoms with Crippen LogP contribution in [0.1, 0.15) is 32.5 Å². The van der Waals surface area contributed by atoms with Gasteiger partial charge in [0.05, 0.1) is 5.54 Å². The monoisotopic (exact) mass is 211 g/mol. The van der Waals surface area contributed by atoms with E-state index in [2.05, 4.69) is 33.5 Å². The quantitative estimate of drug-likeness (QED) is 0.657. The fourth-order valence-electron chi connectivity index (χ4n) is 1.17. The van der Waals surface area contributed by atoms with E-state index in [9.17, 15) is 0 Å². The zero-order valence-electron chi connectivity index (χ0n) is 9.87. The molecule has 0 N–H and O–H groups in total. The summed E-state index contributed by atoms with van der Waals surface area (Å²) in [5.41, 5.74) is 0.0318. The van der Waals surface area contributed by atoms with Crippen LogP contribution in [0.15, 0.2) is 9.52 Å². The highest BCUT2D eigenvalue weighted by Gasteiger charge is 2.23. The molecule has 0 aliphatic carbocycles. The molecule has 0 unspecified atom stereocenters. The third-order valence-corrected chi connectivity index (χ3v) is 1.72. The molecule has 2 rings (SSSR count). The Balaban J connectivity index is 0.000000151. The van der Waals surface area contributed by atoms with Crippen molar-refractivity contribution in [3.05, 3.63) is 11.7 Å². The van der Waals surface area contributed by atoms with Crippen LogP contribution in [0.5, 0.6) is 0 Å². The van der Waals surface area contributed by atoms with Gasteiger partial charge in [0.25, 0.3) is 0 Å². The van der Waals surface area contributed by atoms with E-state index in [1.165, 1.54) is 0 Å². The smallest absolute Gasteiger partial charge is 0.223 e. The van der Waals surface area contributed by atoms with E-state index in [1.54, 1.807) is 13.8 Å². The Kier molecular flexibility index (Phi) is 3.44. The minimum atomic E-state index is 0.0318. The van der Waals surface area contributed by atoms with Gasteiger partial charge in [0.1, 0.15) is 6.61 Å². The number of aromatic nitrogens is 2. The van der Waals surface area contributed by atoms with E-state index in [-0.39, 0.29) is 5.54 Å². The van der Waals surface area contributed by atoms with E-state index in [4.69, 9.17) is 4.74 Å². The van der Waals surface area contributed by atoms with Crippen LogP contribution in [0.4, 0.5) is 0 Å². The molecular formula is C10H17N3O2. The fraction of sp³-hybridized carbons (Fsp3) is 0.700. The van der Waals surface area contributed by atoms with Gasteiger partial charge in [-0.05, 0) is 20.8 Å². The first kappa shape index (κ1) is 11.7. The molecule has 0 aromatic carbocycles. The number of aliphatic imine (C=N–C) groups is 1. The van der Waals surface area contributed by atoms with E-state index in [0.717, 1.165) is 12.5 Å². The number of nitrogens with zero attached hydrogens (tertiary/aromatic N) is 3. The van der Waals surface area contributed by atoms with Crippen molar-refractivity contribution >= 4 is 5.90 Å². The molecule has 84 valence electrons. The van der Waals surface area contributed by atoms with E-state index < -0.39 is 0 Å². The molecule has 15 heavy (non-hydrogen) atoms. The summed E-state index contributed by atoms with van der Waals surface area (Å²) < 4.78 is 9.72. The van der Waals surface area contributed by atoms with Gasteiger partial charge in [-0.15, -0.1) is 0 Å². The minimum Gasteiger partial charge on any atom is -0.479 e. The van der Waals surface area contributed by atoms with Gasteiger partial charge in [0.2, 0.25) is 5.89 Å². The van der Waals surface area contributed by atoms with Gasteiger partial charge in [0, 0.05) is 13.8 Å². The Morgan fingerprint density at radius 3 is 2.00 bits per heavy atom. The van der Waals surface area contributed by atoms with E-state index in [0.29, 0.717) is 11.7 Å². The first-order valence-corrected chi connectivity index (χ1v) is 4.85. The van der Waals surface area contributed by atoms with E-state index >= 15 is 0 Å². The molecule has 1 aromatic heterocycles. The second-order valence-corrected chi connectivity index (χ2v) is 4.09. The molecule has 1 aromatic rings. The minimum absolute atomic E-state index is 0.0318. The van der Waals surface area contributed by atoms with Crippen molar-refractivity contribution in [1.82, 2.24) is 10.1 Å². The van der Waals surface area contributed by atoms with Crippen molar-refractivity contribution in [1.29, 1.82) is 0 Å². The van der Waals surface area contributed by atoms with Crippen LogP contribution in [0.25, 0.3) is 0 Å². The van der Waals surface area contributed by atoms with Crippen LogP contribution in [0.3, 0.4) is 0 Å². The maximum Gasteiger partial charge on any atom is 0.223 e. The Bertz CT molecular complexity index is 339. The highest BCUT2D eigenvalue weighted by molar-refractivity contribution is 5.75. The van der Waals surface area contributed by atoms with Crippen molar-refractivity contribution in [2.75, 3.05) is 6.61 Å². The van der Waals surface area contributed by atoms with Crippen LogP contribution in [-0.2, 0) is 4.74 Å². The standard InChI is InChI=1S/C6H11NO.C4H6N2O/c1-5-7-6(2,3)4-8-5;1-3-5-4(2)7-6-3/h4H2,1-3H3;1-2H3. The van der Waals surface area contributed by atoms with Gasteiger partial charge in [-0.25, -0.2) is 4.99 Å². The van der Waals surface area contributed by atoms with Gasteiger partial charge in [-0.1, -0.05) is 5.16 Å². The number of hydrogen-bond acceptors (Lipinski definition) is 5. The Hall–Kier alpha value is -1.39. The number of rotatable bonds is 0. The van der Waals surface area contributed by atoms with Crippen molar-refractivity contribution < 1.29 is 9.26 Å². The fourth-order valence-corrected chi connectivity index (χ4v) is 1.17. The Morgan fingerprint density at radius 1 is 1.20 bits per heavy atom. The molecule has 0 saturated carbocycles. The zero-order chi connectivity index (χ0) is 11.5. The maximum absolute atomic E-state index is 5.12. The van der Waals surface area contributed by atoms with Crippen molar-refractivity contribution in [3.8, 4) is 0 Å². The number of hydrogen-bond donors (Lipinski definition) is 0. The van der Waals surface area contributed by atoms with Crippen LogP contribution in [-0.4, -0.2) is 28.2 Å². The lowest BCUT2D eigenvalue weighted by Gasteiger charge is -2.07. The maximum atomic E-state index is 5.12. The summed E-state index contributed by atoms with van der Waals surface area (Å²) in [7, 11) is 0. The summed E-state index contributed by atoms with van der Waals surface area (Å²) >= 11 is 0. The van der Waals surface area contributed by atoms with Gasteiger partial charge in [-0.2, -0.15) is 4.98 Å². The molecule has 0 atom stereocenters. The summed E-state index contributed by atoms with van der Waals surface area (Å²) in [5.74, 6) is 2.13. The lowest BCUT2D eigenvalue weighted by atomic mass is 10.1. The van der Waals surface area contributed by atoms with Crippen molar-refractivity contribution in [3.63, 3.8) is 0 Å². The SMILES string of the molecule is CC1=NC(C)(C)CO1.Cc1noc(C)n1. The van der Waals surface area contributed by atoms with Crippen LogP contribution in [0, 0.1) is 13.8 Å². The molecule has 0 saturated heterocycles. The number of ether oxygens (including phenoxy) is 1. The molecule has 5 nitrogen and oxygen atoms in total. The van der Waals surface area contributed by atoms with Crippen LogP contribution >= 0.6 is 0 Å². The molecule has 0 fully saturated rings. The Labute approximate surface area is 89.5 Å². The van der Waals surface area contributed by atoms with Crippen LogP contribution < -0.4 is 0 Å². The van der Waals surface area contributed by atoms with Gasteiger partial charge < -0.3 is 9.26 Å². The summed E-state index contributed by atoms with van der Waals surface area (Å²) in [6.45, 7) is 10.3. The first-order chi connectivity index (χ1) is 6.89. The average Bonchev–Trinajstić information content (AvgIpc) is 2.59. The largest absolute Gasteiger partial charge is 0.479 e. The number of aryl methyl sites for hydroxylation is 2. The van der Waals surface area contributed by atoms with Gasteiger partial charge >= 0.3 is 0 Å². The Morgan fingerprint density at radius 2 is 1.87 bits per heavy atom. The molecule has 5 heteroatoms. The summed E-state index contributed by atoms with van der Waals surface area (Å²) in [4.78, 5) is 8.05. The molecule has 0 spiro atoms. The molecule has 0 amide bonds. The lowest BCUT2D eigenvalue weighted by molar-refractivity contribution is 0.277. The second-order valence-electron chi connectivity index (χ2n) is 4.09. The highest BCUT2D eigenvalue weighted by atomic mass is 16.5. The summed E-state index contributed by atoms with van der Waals surface area (Å²) in [6.07, 6.45) is 0. The molecule has 1 aliphatic rings. The summed E-state index contributed by atoms with van der Waals surface area (Å²) in [6, 6.07) is 0. The highest BCUT2D eigenvalue weighted by Crippen LogP contribution is 2.15. The summed E-state index contributed by atoms with van der Waals surface area (Å²) in [5, 5.41) is 3.53.